The van der Waals surface area contributed by atoms with Crippen molar-refractivity contribution >= 4 is 17.7 Å². The van der Waals surface area contributed by atoms with Gasteiger partial charge in [-0.05, 0) is 42.3 Å². The number of halogens is 1. The third kappa shape index (κ3) is 4.82. The van der Waals surface area contributed by atoms with Gasteiger partial charge in [0.1, 0.15) is 17.6 Å². The van der Waals surface area contributed by atoms with Gasteiger partial charge in [-0.1, -0.05) is 32.0 Å². The number of nitrogens with zero attached hydrogens (tertiary/aromatic N) is 2. The summed E-state index contributed by atoms with van der Waals surface area (Å²) in [5.41, 5.74) is -0.0708. The first-order chi connectivity index (χ1) is 16.3. The Morgan fingerprint density at radius 2 is 1.62 bits per heavy atom. The number of amides is 3. The third-order valence-electron chi connectivity index (χ3n) is 6.41. The second-order valence-corrected chi connectivity index (χ2v) is 9.25. The van der Waals surface area contributed by atoms with E-state index < -0.39 is 17.6 Å². The van der Waals surface area contributed by atoms with Crippen LogP contribution in [0.2, 0.25) is 0 Å². The van der Waals surface area contributed by atoms with Gasteiger partial charge in [0.05, 0.1) is 6.61 Å². The molecule has 2 aromatic carbocycles. The average molecular weight is 468 g/mol. The number of ether oxygens (including phenoxy) is 1. The minimum atomic E-state index is -0.966. The van der Waals surface area contributed by atoms with Gasteiger partial charge >= 0.3 is 0 Å². The Kier molecular flexibility index (Phi) is 6.97. The number of hydrogen-bond acceptors (Lipinski definition) is 4. The number of benzene rings is 2. The molecule has 1 spiro atoms. The normalized spacial score (nSPS) is 19.5. The van der Waals surface area contributed by atoms with E-state index in [1.807, 2.05) is 19.9 Å². The summed E-state index contributed by atoms with van der Waals surface area (Å²) in [6.07, 6.45) is 0.763. The van der Waals surface area contributed by atoms with Gasteiger partial charge in [-0.15, -0.1) is 0 Å². The van der Waals surface area contributed by atoms with Crippen LogP contribution in [0.15, 0.2) is 54.6 Å². The Labute approximate surface area is 198 Å². The number of piperidine rings is 1. The molecule has 2 aromatic rings. The van der Waals surface area contributed by atoms with E-state index in [9.17, 15) is 18.8 Å². The van der Waals surface area contributed by atoms with Crippen LogP contribution in [0.1, 0.15) is 47.4 Å². The van der Waals surface area contributed by atoms with Crippen LogP contribution in [-0.2, 0) is 9.53 Å². The Balaban J connectivity index is 1.54. The average Bonchev–Trinajstić information content (AvgIpc) is 3.21. The smallest absolute Gasteiger partial charge is 0.256 e. The number of likely N-dealkylation sites (tertiary alicyclic amines) is 1. The zero-order valence-electron chi connectivity index (χ0n) is 19.5. The van der Waals surface area contributed by atoms with Crippen LogP contribution < -0.4 is 5.32 Å². The third-order valence-corrected chi connectivity index (χ3v) is 6.41. The highest BCUT2D eigenvalue weighted by atomic mass is 19.1. The molecule has 8 heteroatoms. The molecule has 34 heavy (non-hydrogen) atoms. The summed E-state index contributed by atoms with van der Waals surface area (Å²) in [5, 5.41) is 2.93. The summed E-state index contributed by atoms with van der Waals surface area (Å²) < 4.78 is 19.4. The maximum Gasteiger partial charge on any atom is 0.256 e. The number of carbonyl (C=O) groups excluding carboxylic acids is 3. The van der Waals surface area contributed by atoms with Gasteiger partial charge in [-0.3, -0.25) is 19.3 Å². The van der Waals surface area contributed by atoms with E-state index in [0.717, 1.165) is 0 Å². The molecule has 0 bridgehead atoms. The summed E-state index contributed by atoms with van der Waals surface area (Å²) in [7, 11) is 0. The molecule has 2 fully saturated rings. The van der Waals surface area contributed by atoms with Crippen LogP contribution in [-0.4, -0.2) is 65.5 Å². The maximum atomic E-state index is 13.6. The maximum absolute atomic E-state index is 13.6. The lowest BCUT2D eigenvalue weighted by atomic mass is 9.96. The van der Waals surface area contributed by atoms with Crippen molar-refractivity contribution in [2.45, 2.75) is 38.5 Å². The van der Waals surface area contributed by atoms with Gasteiger partial charge in [0.2, 0.25) is 5.91 Å². The van der Waals surface area contributed by atoms with Gasteiger partial charge in [0, 0.05) is 43.6 Å². The zero-order valence-corrected chi connectivity index (χ0v) is 19.5. The molecule has 1 N–H and O–H groups in total. The summed E-state index contributed by atoms with van der Waals surface area (Å²) in [4.78, 5) is 42.8. The van der Waals surface area contributed by atoms with Gasteiger partial charge in [-0.2, -0.15) is 0 Å². The topological polar surface area (TPSA) is 79.0 Å². The van der Waals surface area contributed by atoms with Crippen LogP contribution in [0.25, 0.3) is 0 Å². The van der Waals surface area contributed by atoms with Crippen molar-refractivity contribution < 1.29 is 23.5 Å². The number of rotatable bonds is 5. The standard InChI is InChI=1S/C26H30FN3O4/c1-18(2)16-28-23(31)22-17-34-26(30(22)25(33)19-6-4-3-5-7-19)12-14-29(15-13-26)24(32)20-8-10-21(27)11-9-20/h3-11,18,22H,12-17H2,1-2H3,(H,28,31)/t22-/m0/s1. The molecule has 1 atom stereocenters. The fraction of sp³-hybridized carbons (Fsp3) is 0.423. The lowest BCUT2D eigenvalue weighted by Gasteiger charge is -2.44. The van der Waals surface area contributed by atoms with Crippen molar-refractivity contribution in [3.63, 3.8) is 0 Å². The summed E-state index contributed by atoms with van der Waals surface area (Å²) in [6, 6.07) is 13.6. The lowest BCUT2D eigenvalue weighted by molar-refractivity contribution is -0.128. The molecule has 7 nitrogen and oxygen atoms in total. The van der Waals surface area contributed by atoms with Crippen LogP contribution >= 0.6 is 0 Å². The molecule has 0 unspecified atom stereocenters. The van der Waals surface area contributed by atoms with Crippen LogP contribution in [0.3, 0.4) is 0 Å². The highest BCUT2D eigenvalue weighted by molar-refractivity contribution is 5.98. The van der Waals surface area contributed by atoms with Crippen LogP contribution in [0.4, 0.5) is 4.39 Å². The molecule has 180 valence electrons. The Morgan fingerprint density at radius 1 is 1.00 bits per heavy atom. The molecule has 2 heterocycles. The van der Waals surface area contributed by atoms with Gasteiger partial charge in [0.15, 0.2) is 0 Å². The summed E-state index contributed by atoms with van der Waals surface area (Å²) in [6.45, 7) is 5.34. The fourth-order valence-corrected chi connectivity index (χ4v) is 4.54. The molecule has 2 aliphatic rings. The summed E-state index contributed by atoms with van der Waals surface area (Å²) >= 11 is 0. The molecule has 0 saturated carbocycles. The van der Waals surface area contributed by atoms with Crippen molar-refractivity contribution in [1.29, 1.82) is 0 Å². The van der Waals surface area contributed by atoms with E-state index in [1.54, 1.807) is 34.1 Å². The molecule has 4 rings (SSSR count). The van der Waals surface area contributed by atoms with Crippen molar-refractivity contribution in [2.24, 2.45) is 5.92 Å². The SMILES string of the molecule is CC(C)CNC(=O)[C@@H]1COC2(CCN(C(=O)c3ccc(F)cc3)CC2)N1C(=O)c1ccccc1. The molecule has 0 radical (unpaired) electrons. The Bertz CT molecular complexity index is 1030. The monoisotopic (exact) mass is 467 g/mol. The zero-order chi connectivity index (χ0) is 24.3. The van der Waals surface area contributed by atoms with E-state index in [-0.39, 0.29) is 30.2 Å². The van der Waals surface area contributed by atoms with E-state index >= 15 is 0 Å². The first-order valence-electron chi connectivity index (χ1n) is 11.7. The first-order valence-corrected chi connectivity index (χ1v) is 11.7. The predicted molar refractivity (Wildman–Crippen MR) is 124 cm³/mol. The highest BCUT2D eigenvalue weighted by Crippen LogP contribution is 2.38. The van der Waals surface area contributed by atoms with E-state index in [4.69, 9.17) is 4.74 Å². The molecule has 0 aromatic heterocycles. The fourth-order valence-electron chi connectivity index (χ4n) is 4.54. The van der Waals surface area contributed by atoms with E-state index in [0.29, 0.717) is 43.6 Å². The van der Waals surface area contributed by atoms with Crippen molar-refractivity contribution in [2.75, 3.05) is 26.2 Å². The molecule has 0 aliphatic carbocycles. The van der Waals surface area contributed by atoms with Gasteiger partial charge < -0.3 is 15.0 Å². The number of hydrogen-bond donors (Lipinski definition) is 1. The first kappa shape index (κ1) is 23.9. The minimum absolute atomic E-state index is 0.106. The molecule has 2 aliphatic heterocycles. The van der Waals surface area contributed by atoms with Crippen LogP contribution in [0, 0.1) is 11.7 Å². The number of carbonyl (C=O) groups is 3. The summed E-state index contributed by atoms with van der Waals surface area (Å²) in [5.74, 6) is -0.814. The molecule has 3 amide bonds. The highest BCUT2D eigenvalue weighted by Gasteiger charge is 2.54. The lowest BCUT2D eigenvalue weighted by Crippen LogP contribution is -2.60. The largest absolute Gasteiger partial charge is 0.354 e. The molecular formula is C26H30FN3O4. The number of nitrogens with one attached hydrogen (secondary N) is 1. The Morgan fingerprint density at radius 3 is 2.24 bits per heavy atom. The van der Waals surface area contributed by atoms with E-state index in [2.05, 4.69) is 5.32 Å². The van der Waals surface area contributed by atoms with Crippen molar-refractivity contribution in [3.8, 4) is 0 Å². The minimum Gasteiger partial charge on any atom is -0.354 e. The Hall–Kier alpha value is -3.26. The van der Waals surface area contributed by atoms with E-state index in [1.165, 1.54) is 24.3 Å². The van der Waals surface area contributed by atoms with Crippen molar-refractivity contribution in [3.05, 3.63) is 71.5 Å². The molecule has 2 saturated heterocycles. The predicted octanol–water partition coefficient (Wildman–Crippen LogP) is 3.07. The molecular weight excluding hydrogens is 437 g/mol. The van der Waals surface area contributed by atoms with Crippen LogP contribution in [0.5, 0.6) is 0 Å². The second kappa shape index (κ2) is 9.93. The van der Waals surface area contributed by atoms with Gasteiger partial charge in [-0.25, -0.2) is 4.39 Å². The van der Waals surface area contributed by atoms with Gasteiger partial charge in [0.25, 0.3) is 11.8 Å². The quantitative estimate of drug-likeness (QED) is 0.733. The second-order valence-electron chi connectivity index (χ2n) is 9.25. The van der Waals surface area contributed by atoms with Crippen molar-refractivity contribution in [1.82, 2.24) is 15.1 Å².